The first-order chi connectivity index (χ1) is 16.5. The van der Waals surface area contributed by atoms with Gasteiger partial charge in [0.05, 0.1) is 29.2 Å². The fraction of sp³-hybridized carbons (Fsp3) is 0.125. The Morgan fingerprint density at radius 1 is 1.11 bits per heavy atom. The number of hydrogen-bond donors (Lipinski definition) is 2. The maximum Gasteiger partial charge on any atom is 0.262 e. The molecule has 0 unspecified atom stereocenters. The summed E-state index contributed by atoms with van der Waals surface area (Å²) in [6, 6.07) is 14.8. The summed E-state index contributed by atoms with van der Waals surface area (Å²) in [5, 5.41) is 17.2. The van der Waals surface area contributed by atoms with Crippen LogP contribution >= 0.6 is 11.6 Å². The molecule has 3 aromatic rings. The van der Waals surface area contributed by atoms with Crippen LogP contribution in [0.2, 0.25) is 5.02 Å². The van der Waals surface area contributed by atoms with Gasteiger partial charge in [-0.3, -0.25) is 9.59 Å². The maximum absolute atomic E-state index is 13.2. The highest BCUT2D eigenvalue weighted by atomic mass is 35.5. The van der Waals surface area contributed by atoms with Crippen molar-refractivity contribution in [2.24, 2.45) is 5.14 Å². The summed E-state index contributed by atoms with van der Waals surface area (Å²) in [4.78, 5) is 25.6. The molecule has 0 aliphatic rings. The Kier molecular flexibility index (Phi) is 7.76. The van der Waals surface area contributed by atoms with Crippen LogP contribution in [0.1, 0.15) is 27.0 Å². The SMILES string of the molecule is COc1cc(C#N)cc(C(=O)c2cc(Cl)ccc2OCC(=O)Nc2ccc(S(N)(=O)=O)cc2C)c1. The minimum absolute atomic E-state index is 0.0781. The van der Waals surface area contributed by atoms with Crippen molar-refractivity contribution < 1.29 is 27.5 Å². The summed E-state index contributed by atoms with van der Waals surface area (Å²) in [5.41, 5.74) is 1.37. The van der Waals surface area contributed by atoms with Gasteiger partial charge in [0.1, 0.15) is 11.5 Å². The molecule has 0 aliphatic carbocycles. The number of primary sulfonamides is 1. The van der Waals surface area contributed by atoms with Gasteiger partial charge in [-0.1, -0.05) is 11.6 Å². The number of methoxy groups -OCH3 is 1. The van der Waals surface area contributed by atoms with Crippen molar-refractivity contribution >= 4 is 39.0 Å². The second-order valence-corrected chi connectivity index (χ2v) is 9.39. The van der Waals surface area contributed by atoms with E-state index in [0.29, 0.717) is 17.0 Å². The monoisotopic (exact) mass is 513 g/mol. The lowest BCUT2D eigenvalue weighted by Crippen LogP contribution is -2.21. The van der Waals surface area contributed by atoms with Crippen LogP contribution in [-0.2, 0) is 14.8 Å². The van der Waals surface area contributed by atoms with Crippen LogP contribution in [0.15, 0.2) is 59.5 Å². The van der Waals surface area contributed by atoms with Crippen molar-refractivity contribution in [1.29, 1.82) is 5.26 Å². The number of rotatable bonds is 8. The van der Waals surface area contributed by atoms with Crippen molar-refractivity contribution in [1.82, 2.24) is 0 Å². The summed E-state index contributed by atoms with van der Waals surface area (Å²) < 4.78 is 33.7. The largest absolute Gasteiger partial charge is 0.497 e. The lowest BCUT2D eigenvalue weighted by molar-refractivity contribution is -0.118. The smallest absolute Gasteiger partial charge is 0.262 e. The first-order valence-electron chi connectivity index (χ1n) is 10.0. The van der Waals surface area contributed by atoms with Crippen LogP contribution in [0.3, 0.4) is 0 Å². The van der Waals surface area contributed by atoms with E-state index in [0.717, 1.165) is 0 Å². The molecule has 0 bridgehead atoms. The number of nitrogens with zero attached hydrogens (tertiary/aromatic N) is 1. The van der Waals surface area contributed by atoms with Crippen LogP contribution in [0.4, 0.5) is 5.69 Å². The summed E-state index contributed by atoms with van der Waals surface area (Å²) in [6.07, 6.45) is 0. The molecule has 3 N–H and O–H groups in total. The number of ether oxygens (including phenoxy) is 2. The van der Waals surface area contributed by atoms with Crippen LogP contribution in [-0.4, -0.2) is 33.8 Å². The van der Waals surface area contributed by atoms with E-state index in [1.807, 2.05) is 6.07 Å². The highest BCUT2D eigenvalue weighted by Crippen LogP contribution is 2.28. The van der Waals surface area contributed by atoms with Gasteiger partial charge >= 0.3 is 0 Å². The molecule has 180 valence electrons. The molecule has 11 heteroatoms. The number of sulfonamides is 1. The summed E-state index contributed by atoms with van der Waals surface area (Å²) in [6.45, 7) is 1.17. The number of hydrogen-bond acceptors (Lipinski definition) is 7. The third-order valence-electron chi connectivity index (χ3n) is 4.88. The molecule has 0 fully saturated rings. The lowest BCUT2D eigenvalue weighted by Gasteiger charge is -2.13. The number of ketones is 1. The second-order valence-electron chi connectivity index (χ2n) is 7.39. The maximum atomic E-state index is 13.2. The van der Waals surface area contributed by atoms with Crippen molar-refractivity contribution in [2.75, 3.05) is 19.0 Å². The van der Waals surface area contributed by atoms with Gasteiger partial charge in [-0.05, 0) is 67.1 Å². The molecule has 0 aromatic heterocycles. The van der Waals surface area contributed by atoms with Crippen LogP contribution in [0.25, 0.3) is 0 Å². The zero-order chi connectivity index (χ0) is 25.8. The number of carbonyl (C=O) groups is 2. The van der Waals surface area contributed by atoms with E-state index in [2.05, 4.69) is 5.32 Å². The molecule has 9 nitrogen and oxygen atoms in total. The highest BCUT2D eigenvalue weighted by molar-refractivity contribution is 7.89. The Bertz CT molecular complexity index is 1460. The van der Waals surface area contributed by atoms with Gasteiger partial charge in [-0.25, -0.2) is 13.6 Å². The van der Waals surface area contributed by atoms with E-state index in [1.54, 1.807) is 6.92 Å². The number of nitrogens with one attached hydrogen (secondary N) is 1. The molecule has 3 rings (SSSR count). The molecular formula is C24H20ClN3O6S. The molecule has 3 aromatic carbocycles. The molecule has 0 heterocycles. The predicted octanol–water partition coefficient (Wildman–Crippen LogP) is 3.42. The third kappa shape index (κ3) is 6.36. The molecule has 0 atom stereocenters. The molecule has 0 saturated carbocycles. The minimum atomic E-state index is -3.87. The van der Waals surface area contributed by atoms with Crippen LogP contribution in [0.5, 0.6) is 11.5 Å². The first kappa shape index (κ1) is 25.7. The number of halogens is 1. The normalized spacial score (nSPS) is 10.8. The number of nitriles is 1. The van der Waals surface area contributed by atoms with Crippen LogP contribution in [0, 0.1) is 18.3 Å². The topological polar surface area (TPSA) is 149 Å². The van der Waals surface area contributed by atoms with E-state index in [9.17, 15) is 23.3 Å². The Hall–Kier alpha value is -3.91. The summed E-state index contributed by atoms with van der Waals surface area (Å²) in [5.74, 6) is -0.581. The quantitative estimate of drug-likeness (QED) is 0.438. The number of aryl methyl sites for hydroxylation is 1. The van der Waals surface area contributed by atoms with E-state index in [4.69, 9.17) is 26.2 Å². The van der Waals surface area contributed by atoms with Gasteiger partial charge in [0.2, 0.25) is 10.0 Å². The molecule has 0 radical (unpaired) electrons. The Labute approximate surface area is 207 Å². The fourth-order valence-corrected chi connectivity index (χ4v) is 3.93. The fourth-order valence-electron chi connectivity index (χ4n) is 3.16. The van der Waals surface area contributed by atoms with Crippen molar-refractivity contribution in [3.05, 3.63) is 81.9 Å². The number of benzene rings is 3. The average Bonchev–Trinajstić information content (AvgIpc) is 2.82. The summed E-state index contributed by atoms with van der Waals surface area (Å²) >= 11 is 6.08. The van der Waals surface area contributed by atoms with E-state index in [-0.39, 0.29) is 32.4 Å². The van der Waals surface area contributed by atoms with Gasteiger partial charge < -0.3 is 14.8 Å². The zero-order valence-corrected chi connectivity index (χ0v) is 20.2. The van der Waals surface area contributed by atoms with Crippen molar-refractivity contribution in [2.45, 2.75) is 11.8 Å². The molecular weight excluding hydrogens is 494 g/mol. The molecule has 0 spiro atoms. The first-order valence-corrected chi connectivity index (χ1v) is 11.9. The molecule has 0 saturated heterocycles. The standard InChI is InChI=1S/C24H20ClN3O6S/c1-14-7-19(35(27,31)32)4-5-21(14)28-23(29)13-34-22-6-3-17(25)11-20(22)24(30)16-8-15(12-26)9-18(10-16)33-2/h3-11H,13H2,1-2H3,(H,28,29)(H2,27,31,32). The Morgan fingerprint density at radius 3 is 2.49 bits per heavy atom. The summed E-state index contributed by atoms with van der Waals surface area (Å²) in [7, 11) is -2.45. The molecule has 1 amide bonds. The molecule has 35 heavy (non-hydrogen) atoms. The second kappa shape index (κ2) is 10.6. The zero-order valence-electron chi connectivity index (χ0n) is 18.7. The lowest BCUT2D eigenvalue weighted by atomic mass is 10.0. The molecule has 0 aliphatic heterocycles. The highest BCUT2D eigenvalue weighted by Gasteiger charge is 2.19. The van der Waals surface area contributed by atoms with Gasteiger partial charge in [0.15, 0.2) is 12.4 Å². The number of nitrogens with two attached hydrogens (primary N) is 1. The van der Waals surface area contributed by atoms with Gasteiger partial charge in [-0.15, -0.1) is 0 Å². The predicted molar refractivity (Wildman–Crippen MR) is 129 cm³/mol. The van der Waals surface area contributed by atoms with Crippen LogP contribution < -0.4 is 19.9 Å². The van der Waals surface area contributed by atoms with E-state index < -0.39 is 28.3 Å². The minimum Gasteiger partial charge on any atom is -0.497 e. The van der Waals surface area contributed by atoms with E-state index in [1.165, 1.54) is 61.7 Å². The van der Waals surface area contributed by atoms with Crippen molar-refractivity contribution in [3.8, 4) is 17.6 Å². The Morgan fingerprint density at radius 2 is 1.86 bits per heavy atom. The van der Waals surface area contributed by atoms with Gasteiger partial charge in [-0.2, -0.15) is 5.26 Å². The number of anilines is 1. The van der Waals surface area contributed by atoms with E-state index >= 15 is 0 Å². The number of amides is 1. The third-order valence-corrected chi connectivity index (χ3v) is 6.03. The average molecular weight is 514 g/mol. The van der Waals surface area contributed by atoms with Gasteiger partial charge in [0, 0.05) is 16.3 Å². The Balaban J connectivity index is 1.80. The number of carbonyl (C=O) groups excluding carboxylic acids is 2. The van der Waals surface area contributed by atoms with Gasteiger partial charge in [0.25, 0.3) is 5.91 Å². The van der Waals surface area contributed by atoms with Crippen molar-refractivity contribution in [3.63, 3.8) is 0 Å².